The van der Waals surface area contributed by atoms with Crippen molar-refractivity contribution in [2.24, 2.45) is 5.92 Å². The number of aliphatic hydroxyl groups excluding tert-OH is 1. The highest BCUT2D eigenvalue weighted by atomic mass is 79.9. The number of carbonyl (C=O) groups excluding carboxylic acids is 1. The summed E-state index contributed by atoms with van der Waals surface area (Å²) in [6, 6.07) is 5.37. The second-order valence-corrected chi connectivity index (χ2v) is 5.65. The predicted octanol–water partition coefficient (Wildman–Crippen LogP) is 2.35. The van der Waals surface area contributed by atoms with Crippen molar-refractivity contribution in [2.75, 3.05) is 13.7 Å². The molecule has 1 amide bonds. The molecule has 2 atom stereocenters. The lowest BCUT2D eigenvalue weighted by molar-refractivity contribution is 0.0915. The van der Waals surface area contributed by atoms with Crippen LogP contribution in [-0.2, 0) is 0 Å². The molecule has 2 rings (SSSR count). The number of rotatable bonds is 4. The molecule has 1 aliphatic carbocycles. The maximum atomic E-state index is 12.3. The average molecular weight is 328 g/mol. The Morgan fingerprint density at radius 1 is 1.53 bits per heavy atom. The van der Waals surface area contributed by atoms with E-state index in [4.69, 9.17) is 4.74 Å². The van der Waals surface area contributed by atoms with Gasteiger partial charge in [-0.1, -0.05) is 6.42 Å². The van der Waals surface area contributed by atoms with Gasteiger partial charge in [-0.05, 0) is 47.0 Å². The molecular weight excluding hydrogens is 310 g/mol. The summed E-state index contributed by atoms with van der Waals surface area (Å²) in [5.41, 5.74) is 0.558. The molecule has 0 saturated heterocycles. The summed E-state index contributed by atoms with van der Waals surface area (Å²) in [6.07, 6.45) is 2.95. The highest BCUT2D eigenvalue weighted by Gasteiger charge is 2.28. The van der Waals surface area contributed by atoms with E-state index >= 15 is 0 Å². The Balaban J connectivity index is 2.11. The third-order valence-corrected chi connectivity index (χ3v) is 4.32. The molecule has 1 aromatic rings. The minimum atomic E-state index is -0.129. The number of hydrogen-bond acceptors (Lipinski definition) is 3. The maximum Gasteiger partial charge on any atom is 0.252 e. The zero-order chi connectivity index (χ0) is 13.8. The van der Waals surface area contributed by atoms with E-state index in [9.17, 15) is 9.90 Å². The van der Waals surface area contributed by atoms with Crippen molar-refractivity contribution in [3.8, 4) is 5.75 Å². The quantitative estimate of drug-likeness (QED) is 0.892. The molecule has 0 heterocycles. The molecule has 2 unspecified atom stereocenters. The Bertz CT molecular complexity index is 464. The normalized spacial score (nSPS) is 22.3. The third kappa shape index (κ3) is 3.28. The minimum absolute atomic E-state index is 0.0654. The Kier molecular flexibility index (Phi) is 4.82. The number of carbonyl (C=O) groups is 1. The molecule has 5 heteroatoms. The Morgan fingerprint density at radius 3 is 3.00 bits per heavy atom. The molecule has 1 saturated carbocycles. The molecule has 0 spiro atoms. The lowest BCUT2D eigenvalue weighted by Gasteiger charge is -2.19. The zero-order valence-electron chi connectivity index (χ0n) is 10.9. The highest BCUT2D eigenvalue weighted by Crippen LogP contribution is 2.27. The van der Waals surface area contributed by atoms with Gasteiger partial charge < -0.3 is 15.2 Å². The van der Waals surface area contributed by atoms with E-state index in [1.807, 2.05) is 0 Å². The van der Waals surface area contributed by atoms with Crippen LogP contribution < -0.4 is 10.1 Å². The number of halogens is 1. The van der Waals surface area contributed by atoms with Crippen LogP contribution in [0.25, 0.3) is 0 Å². The first-order valence-corrected chi connectivity index (χ1v) is 7.20. The van der Waals surface area contributed by atoms with Crippen LogP contribution in [0.3, 0.4) is 0 Å². The van der Waals surface area contributed by atoms with Crippen molar-refractivity contribution >= 4 is 21.8 Å². The van der Waals surface area contributed by atoms with Gasteiger partial charge in [-0.15, -0.1) is 0 Å². The van der Waals surface area contributed by atoms with Crippen molar-refractivity contribution < 1.29 is 14.6 Å². The van der Waals surface area contributed by atoms with Crippen LogP contribution >= 0.6 is 15.9 Å². The summed E-state index contributed by atoms with van der Waals surface area (Å²) in [4.78, 5) is 12.3. The van der Waals surface area contributed by atoms with Crippen molar-refractivity contribution in [2.45, 2.75) is 25.3 Å². The van der Waals surface area contributed by atoms with Gasteiger partial charge in [-0.3, -0.25) is 4.79 Å². The molecule has 19 heavy (non-hydrogen) atoms. The first-order valence-electron chi connectivity index (χ1n) is 6.41. The molecular formula is C14H18BrNO3. The van der Waals surface area contributed by atoms with E-state index in [-0.39, 0.29) is 24.5 Å². The molecule has 0 radical (unpaired) electrons. The first-order chi connectivity index (χ1) is 9.15. The summed E-state index contributed by atoms with van der Waals surface area (Å²) in [5.74, 6) is 0.697. The molecule has 1 aromatic carbocycles. The van der Waals surface area contributed by atoms with Crippen LogP contribution in [0.1, 0.15) is 29.6 Å². The molecule has 1 fully saturated rings. The third-order valence-electron chi connectivity index (χ3n) is 3.63. The highest BCUT2D eigenvalue weighted by molar-refractivity contribution is 9.10. The Hall–Kier alpha value is -1.07. The topological polar surface area (TPSA) is 58.6 Å². The molecule has 0 aliphatic heterocycles. The summed E-state index contributed by atoms with van der Waals surface area (Å²) >= 11 is 3.38. The van der Waals surface area contributed by atoms with E-state index in [1.54, 1.807) is 25.3 Å². The second kappa shape index (κ2) is 6.39. The fourth-order valence-electron chi connectivity index (χ4n) is 2.50. The number of methoxy groups -OCH3 is 1. The molecule has 0 bridgehead atoms. The lowest BCUT2D eigenvalue weighted by Crippen LogP contribution is -2.38. The molecule has 1 aliphatic rings. The number of ether oxygens (including phenoxy) is 1. The van der Waals surface area contributed by atoms with Crippen LogP contribution in [0.15, 0.2) is 22.7 Å². The van der Waals surface area contributed by atoms with Gasteiger partial charge in [0.15, 0.2) is 0 Å². The van der Waals surface area contributed by atoms with Gasteiger partial charge >= 0.3 is 0 Å². The van der Waals surface area contributed by atoms with Gasteiger partial charge in [-0.25, -0.2) is 0 Å². The number of benzene rings is 1. The van der Waals surface area contributed by atoms with E-state index in [1.165, 1.54) is 0 Å². The summed E-state index contributed by atoms with van der Waals surface area (Å²) in [6.45, 7) is 0.129. The van der Waals surface area contributed by atoms with Gasteiger partial charge in [0.2, 0.25) is 0 Å². The van der Waals surface area contributed by atoms with E-state index in [0.717, 1.165) is 23.7 Å². The largest absolute Gasteiger partial charge is 0.497 e. The number of amides is 1. The predicted molar refractivity (Wildman–Crippen MR) is 76.4 cm³/mol. The van der Waals surface area contributed by atoms with Crippen molar-refractivity contribution in [3.63, 3.8) is 0 Å². The second-order valence-electron chi connectivity index (χ2n) is 4.80. The van der Waals surface area contributed by atoms with E-state index in [0.29, 0.717) is 11.3 Å². The Morgan fingerprint density at radius 2 is 2.32 bits per heavy atom. The molecule has 104 valence electrons. The van der Waals surface area contributed by atoms with Crippen LogP contribution in [0, 0.1) is 5.92 Å². The fraction of sp³-hybridized carbons (Fsp3) is 0.500. The van der Waals surface area contributed by atoms with Crippen LogP contribution in [0.5, 0.6) is 5.75 Å². The molecule has 0 aromatic heterocycles. The summed E-state index contributed by atoms with van der Waals surface area (Å²) < 4.78 is 5.87. The van der Waals surface area contributed by atoms with Gasteiger partial charge in [0.05, 0.1) is 12.7 Å². The van der Waals surface area contributed by atoms with Crippen molar-refractivity contribution in [1.82, 2.24) is 5.32 Å². The SMILES string of the molecule is COc1ccc(Br)c(C(=O)NC2CCCC2CO)c1. The smallest absolute Gasteiger partial charge is 0.252 e. The van der Waals surface area contributed by atoms with Gasteiger partial charge in [0, 0.05) is 23.0 Å². The average Bonchev–Trinajstić information content (AvgIpc) is 2.86. The molecule has 2 N–H and O–H groups in total. The number of hydrogen-bond donors (Lipinski definition) is 2. The van der Waals surface area contributed by atoms with Crippen molar-refractivity contribution in [1.29, 1.82) is 0 Å². The Labute approximate surface area is 121 Å². The van der Waals surface area contributed by atoms with Crippen LogP contribution in [0.2, 0.25) is 0 Å². The summed E-state index contributed by atoms with van der Waals surface area (Å²) in [7, 11) is 1.57. The van der Waals surface area contributed by atoms with Gasteiger partial charge in [-0.2, -0.15) is 0 Å². The summed E-state index contributed by atoms with van der Waals surface area (Å²) in [5, 5.41) is 12.3. The van der Waals surface area contributed by atoms with Gasteiger partial charge in [0.1, 0.15) is 5.75 Å². The standard InChI is InChI=1S/C14H18BrNO3/c1-19-10-5-6-12(15)11(7-10)14(18)16-13-4-2-3-9(13)8-17/h5-7,9,13,17H,2-4,8H2,1H3,(H,16,18). The van der Waals surface area contributed by atoms with E-state index in [2.05, 4.69) is 21.2 Å². The zero-order valence-corrected chi connectivity index (χ0v) is 12.4. The minimum Gasteiger partial charge on any atom is -0.497 e. The van der Waals surface area contributed by atoms with Crippen molar-refractivity contribution in [3.05, 3.63) is 28.2 Å². The monoisotopic (exact) mass is 327 g/mol. The van der Waals surface area contributed by atoms with Crippen LogP contribution in [-0.4, -0.2) is 30.8 Å². The lowest BCUT2D eigenvalue weighted by atomic mass is 10.0. The van der Waals surface area contributed by atoms with E-state index < -0.39 is 0 Å². The molecule has 4 nitrogen and oxygen atoms in total. The number of aliphatic hydroxyl groups is 1. The fourth-order valence-corrected chi connectivity index (χ4v) is 2.92. The first kappa shape index (κ1) is 14.3. The number of nitrogens with one attached hydrogen (secondary N) is 1. The van der Waals surface area contributed by atoms with Crippen LogP contribution in [0.4, 0.5) is 0 Å². The maximum absolute atomic E-state index is 12.3. The van der Waals surface area contributed by atoms with Gasteiger partial charge in [0.25, 0.3) is 5.91 Å².